The Morgan fingerprint density at radius 1 is 1.30 bits per heavy atom. The van der Waals surface area contributed by atoms with Gasteiger partial charge in [0.05, 0.1) is 11.7 Å². The lowest BCUT2D eigenvalue weighted by Gasteiger charge is -2.44. The van der Waals surface area contributed by atoms with E-state index < -0.39 is 0 Å². The van der Waals surface area contributed by atoms with E-state index in [2.05, 4.69) is 19.2 Å². The highest BCUT2D eigenvalue weighted by Gasteiger charge is 2.41. The number of hydrogen-bond acceptors (Lipinski definition) is 3. The molecule has 3 nitrogen and oxygen atoms in total. The van der Waals surface area contributed by atoms with Crippen molar-refractivity contribution in [1.82, 2.24) is 5.32 Å². The second-order valence-electron chi connectivity index (χ2n) is 6.77. The van der Waals surface area contributed by atoms with Crippen LogP contribution in [0.4, 0.5) is 0 Å². The van der Waals surface area contributed by atoms with Gasteiger partial charge in [0, 0.05) is 19.8 Å². The highest BCUT2D eigenvalue weighted by Crippen LogP contribution is 2.38. The maximum Gasteiger partial charge on any atom is 0.0831 e. The van der Waals surface area contributed by atoms with Gasteiger partial charge in [0.1, 0.15) is 0 Å². The summed E-state index contributed by atoms with van der Waals surface area (Å²) in [6.07, 6.45) is 10.3. The fourth-order valence-corrected chi connectivity index (χ4v) is 3.97. The summed E-state index contributed by atoms with van der Waals surface area (Å²) < 4.78 is 11.8. The monoisotopic (exact) mass is 283 g/mol. The molecule has 0 bridgehead atoms. The number of nitrogens with one attached hydrogen (secondary N) is 1. The van der Waals surface area contributed by atoms with Gasteiger partial charge in [0.15, 0.2) is 0 Å². The smallest absolute Gasteiger partial charge is 0.0831 e. The van der Waals surface area contributed by atoms with Crippen molar-refractivity contribution >= 4 is 0 Å². The molecule has 1 saturated carbocycles. The molecule has 3 heteroatoms. The van der Waals surface area contributed by atoms with Gasteiger partial charge in [0.2, 0.25) is 0 Å². The lowest BCUT2D eigenvalue weighted by Crippen LogP contribution is -2.54. The van der Waals surface area contributed by atoms with Gasteiger partial charge in [0.25, 0.3) is 0 Å². The molecule has 1 saturated heterocycles. The summed E-state index contributed by atoms with van der Waals surface area (Å²) in [5.41, 5.74) is 0.0567. The van der Waals surface area contributed by atoms with E-state index in [-0.39, 0.29) is 5.60 Å². The minimum Gasteiger partial charge on any atom is -0.378 e. The summed E-state index contributed by atoms with van der Waals surface area (Å²) in [4.78, 5) is 0. The summed E-state index contributed by atoms with van der Waals surface area (Å²) in [7, 11) is 1.91. The summed E-state index contributed by atoms with van der Waals surface area (Å²) in [6.45, 7) is 6.56. The molecule has 2 fully saturated rings. The van der Waals surface area contributed by atoms with E-state index in [1.165, 1.54) is 51.4 Å². The highest BCUT2D eigenvalue weighted by atomic mass is 16.5. The molecule has 1 aliphatic carbocycles. The van der Waals surface area contributed by atoms with Crippen LogP contribution in [0.1, 0.15) is 65.2 Å². The Bertz CT molecular complexity index is 268. The van der Waals surface area contributed by atoms with Crippen LogP contribution < -0.4 is 5.32 Å². The molecular weight excluding hydrogens is 250 g/mol. The maximum absolute atomic E-state index is 6.05. The standard InChI is InChI=1S/C17H33NO2/c1-4-18-16(8-7-15-6-5-13-20-15)17(19-3)11-9-14(2)10-12-17/h14-16,18H,4-13H2,1-3H3. The molecular formula is C17H33NO2. The van der Waals surface area contributed by atoms with Crippen molar-refractivity contribution in [3.8, 4) is 0 Å². The molecule has 1 heterocycles. The van der Waals surface area contributed by atoms with Gasteiger partial charge >= 0.3 is 0 Å². The largest absolute Gasteiger partial charge is 0.378 e. The van der Waals surface area contributed by atoms with Crippen LogP contribution >= 0.6 is 0 Å². The first kappa shape index (κ1) is 16.3. The number of methoxy groups -OCH3 is 1. The predicted octanol–water partition coefficient (Wildman–Crippen LogP) is 3.52. The Labute approximate surface area is 124 Å². The molecule has 0 amide bonds. The van der Waals surface area contributed by atoms with Crippen molar-refractivity contribution in [2.45, 2.75) is 83.0 Å². The average Bonchev–Trinajstić information content (AvgIpc) is 2.98. The van der Waals surface area contributed by atoms with E-state index in [4.69, 9.17) is 9.47 Å². The third-order valence-corrected chi connectivity index (χ3v) is 5.41. The van der Waals surface area contributed by atoms with Crippen LogP contribution in [0.3, 0.4) is 0 Å². The average molecular weight is 283 g/mol. The molecule has 2 rings (SSSR count). The molecule has 0 radical (unpaired) electrons. The van der Waals surface area contributed by atoms with Crippen molar-refractivity contribution in [2.24, 2.45) is 5.92 Å². The van der Waals surface area contributed by atoms with E-state index in [0.717, 1.165) is 19.1 Å². The molecule has 0 spiro atoms. The quantitative estimate of drug-likeness (QED) is 0.775. The van der Waals surface area contributed by atoms with Crippen LogP contribution in [0.5, 0.6) is 0 Å². The lowest BCUT2D eigenvalue weighted by atomic mass is 9.74. The summed E-state index contributed by atoms with van der Waals surface area (Å²) in [6, 6.07) is 0.481. The molecule has 0 aromatic heterocycles. The van der Waals surface area contributed by atoms with Gasteiger partial charge in [-0.05, 0) is 63.8 Å². The Hall–Kier alpha value is -0.120. The third-order valence-electron chi connectivity index (χ3n) is 5.41. The van der Waals surface area contributed by atoms with E-state index in [1.807, 2.05) is 7.11 Å². The zero-order valence-electron chi connectivity index (χ0n) is 13.6. The summed E-state index contributed by atoms with van der Waals surface area (Å²) >= 11 is 0. The van der Waals surface area contributed by atoms with E-state index in [1.54, 1.807) is 0 Å². The summed E-state index contributed by atoms with van der Waals surface area (Å²) in [5, 5.41) is 3.70. The van der Waals surface area contributed by atoms with Gasteiger partial charge in [-0.1, -0.05) is 13.8 Å². The first-order valence-electron chi connectivity index (χ1n) is 8.60. The first-order chi connectivity index (χ1) is 9.70. The Morgan fingerprint density at radius 2 is 2.05 bits per heavy atom. The predicted molar refractivity (Wildman–Crippen MR) is 83.0 cm³/mol. The zero-order chi connectivity index (χ0) is 14.4. The van der Waals surface area contributed by atoms with Crippen LogP contribution in [0, 0.1) is 5.92 Å². The van der Waals surface area contributed by atoms with Crippen LogP contribution in [0.15, 0.2) is 0 Å². The fraction of sp³-hybridized carbons (Fsp3) is 1.00. The number of hydrogen-bond donors (Lipinski definition) is 1. The van der Waals surface area contributed by atoms with Gasteiger partial charge in [-0.15, -0.1) is 0 Å². The molecule has 2 aliphatic rings. The van der Waals surface area contributed by atoms with Crippen LogP contribution in [0.2, 0.25) is 0 Å². The fourth-order valence-electron chi connectivity index (χ4n) is 3.97. The van der Waals surface area contributed by atoms with Crippen LogP contribution in [-0.4, -0.2) is 38.0 Å². The number of ether oxygens (including phenoxy) is 2. The molecule has 1 N–H and O–H groups in total. The van der Waals surface area contributed by atoms with Gasteiger partial charge in [-0.2, -0.15) is 0 Å². The van der Waals surface area contributed by atoms with E-state index in [0.29, 0.717) is 12.1 Å². The van der Waals surface area contributed by atoms with Gasteiger partial charge in [-0.25, -0.2) is 0 Å². The zero-order valence-corrected chi connectivity index (χ0v) is 13.6. The normalized spacial score (nSPS) is 36.1. The topological polar surface area (TPSA) is 30.5 Å². The Kier molecular flexibility index (Phi) is 6.31. The minimum atomic E-state index is 0.0567. The van der Waals surface area contributed by atoms with Gasteiger partial charge < -0.3 is 14.8 Å². The maximum atomic E-state index is 6.05. The minimum absolute atomic E-state index is 0.0567. The second-order valence-corrected chi connectivity index (χ2v) is 6.77. The van der Waals surface area contributed by atoms with Crippen molar-refractivity contribution < 1.29 is 9.47 Å². The number of rotatable bonds is 7. The lowest BCUT2D eigenvalue weighted by molar-refractivity contribution is -0.0784. The van der Waals surface area contributed by atoms with E-state index in [9.17, 15) is 0 Å². The van der Waals surface area contributed by atoms with Crippen molar-refractivity contribution in [1.29, 1.82) is 0 Å². The van der Waals surface area contributed by atoms with Crippen molar-refractivity contribution in [3.05, 3.63) is 0 Å². The van der Waals surface area contributed by atoms with E-state index >= 15 is 0 Å². The van der Waals surface area contributed by atoms with Crippen molar-refractivity contribution in [2.75, 3.05) is 20.3 Å². The Balaban J connectivity index is 1.93. The molecule has 20 heavy (non-hydrogen) atoms. The summed E-state index contributed by atoms with van der Waals surface area (Å²) in [5.74, 6) is 0.860. The molecule has 118 valence electrons. The second kappa shape index (κ2) is 7.77. The first-order valence-corrected chi connectivity index (χ1v) is 8.60. The molecule has 1 aliphatic heterocycles. The highest BCUT2D eigenvalue weighted by molar-refractivity contribution is 4.96. The molecule has 2 atom stereocenters. The molecule has 0 aromatic rings. The van der Waals surface area contributed by atoms with Gasteiger partial charge in [-0.3, -0.25) is 0 Å². The van der Waals surface area contributed by atoms with Crippen molar-refractivity contribution in [3.63, 3.8) is 0 Å². The molecule has 0 aromatic carbocycles. The van der Waals surface area contributed by atoms with Crippen LogP contribution in [-0.2, 0) is 9.47 Å². The van der Waals surface area contributed by atoms with Crippen LogP contribution in [0.25, 0.3) is 0 Å². The SMILES string of the molecule is CCNC(CCC1CCCO1)C1(OC)CCC(C)CC1. The molecule has 2 unspecified atom stereocenters. The Morgan fingerprint density at radius 3 is 2.60 bits per heavy atom. The third kappa shape index (κ3) is 3.96. The number of likely N-dealkylation sites (N-methyl/N-ethyl adjacent to an activating group) is 1.